The monoisotopic (exact) mass is 451 g/mol. The van der Waals surface area contributed by atoms with Crippen molar-refractivity contribution in [1.29, 1.82) is 0 Å². The third-order valence-electron chi connectivity index (χ3n) is 5.93. The molecule has 170 valence electrons. The van der Waals surface area contributed by atoms with Gasteiger partial charge in [-0.2, -0.15) is 5.21 Å². The van der Waals surface area contributed by atoms with Crippen molar-refractivity contribution < 1.29 is 4.79 Å². The van der Waals surface area contributed by atoms with Gasteiger partial charge >= 0.3 is 0 Å². The minimum absolute atomic E-state index is 0.570. The van der Waals surface area contributed by atoms with Crippen LogP contribution in [-0.4, -0.2) is 36.6 Å². The van der Waals surface area contributed by atoms with Crippen molar-refractivity contribution in [2.45, 2.75) is 32.7 Å². The number of nitrogens with one attached hydrogen (secondary N) is 2. The van der Waals surface area contributed by atoms with Crippen molar-refractivity contribution in [1.82, 2.24) is 30.2 Å². The molecule has 0 aliphatic heterocycles. The molecule has 0 aliphatic carbocycles. The fraction of sp³-hybridized carbons (Fsp3) is 0.192. The van der Waals surface area contributed by atoms with E-state index in [2.05, 4.69) is 67.8 Å². The highest BCUT2D eigenvalue weighted by atomic mass is 16.1. The van der Waals surface area contributed by atoms with Gasteiger partial charge in [-0.25, -0.2) is 4.98 Å². The zero-order valence-corrected chi connectivity index (χ0v) is 18.9. The van der Waals surface area contributed by atoms with Gasteiger partial charge < -0.3 is 9.88 Å². The van der Waals surface area contributed by atoms with Gasteiger partial charge in [-0.3, -0.25) is 4.79 Å². The van der Waals surface area contributed by atoms with Gasteiger partial charge in [0.1, 0.15) is 5.82 Å². The summed E-state index contributed by atoms with van der Waals surface area (Å²) in [6.07, 6.45) is 3.76. The molecule has 0 fully saturated rings. The van der Waals surface area contributed by atoms with Crippen molar-refractivity contribution >= 4 is 23.1 Å². The van der Waals surface area contributed by atoms with Gasteiger partial charge in [-0.1, -0.05) is 67.9 Å². The lowest BCUT2D eigenvalue weighted by atomic mass is 9.98. The second-order valence-corrected chi connectivity index (χ2v) is 8.13. The number of rotatable bonds is 9. The molecule has 2 aromatic heterocycles. The van der Waals surface area contributed by atoms with Gasteiger partial charge in [-0.15, -0.1) is 10.2 Å². The van der Waals surface area contributed by atoms with Crippen LogP contribution in [0.25, 0.3) is 33.5 Å². The number of fused-ring (bicyclic) bond motifs is 1. The van der Waals surface area contributed by atoms with E-state index in [1.54, 1.807) is 0 Å². The number of hydrogen-bond donors (Lipinski definition) is 2. The topological polar surface area (TPSA) is 101 Å². The Labute approximate surface area is 197 Å². The highest BCUT2D eigenvalue weighted by Gasteiger charge is 2.15. The molecule has 8 heteroatoms. The van der Waals surface area contributed by atoms with Crippen molar-refractivity contribution in [3.8, 4) is 22.5 Å². The number of H-pyrrole nitrogens is 1. The van der Waals surface area contributed by atoms with Crippen LogP contribution in [0.15, 0.2) is 66.7 Å². The Hall–Kier alpha value is -4.33. The van der Waals surface area contributed by atoms with Crippen molar-refractivity contribution in [2.75, 3.05) is 5.32 Å². The predicted octanol–water partition coefficient (Wildman–Crippen LogP) is 4.84. The Morgan fingerprint density at radius 3 is 2.56 bits per heavy atom. The van der Waals surface area contributed by atoms with Gasteiger partial charge in [0, 0.05) is 18.5 Å². The number of anilines is 1. The number of carbonyl (C=O) groups is 1. The number of carbonyl (C=O) groups excluding carboxylic acids is 1. The van der Waals surface area contributed by atoms with Crippen molar-refractivity contribution in [3.63, 3.8) is 0 Å². The molecule has 34 heavy (non-hydrogen) atoms. The summed E-state index contributed by atoms with van der Waals surface area (Å²) in [5.41, 5.74) is 6.82. The average Bonchev–Trinajstić information content (AvgIpc) is 3.53. The molecule has 0 unspecified atom stereocenters. The highest BCUT2D eigenvalue weighted by molar-refractivity contribution is 5.93. The second-order valence-electron chi connectivity index (χ2n) is 8.13. The van der Waals surface area contributed by atoms with E-state index in [4.69, 9.17) is 4.98 Å². The van der Waals surface area contributed by atoms with Crippen LogP contribution < -0.4 is 5.32 Å². The van der Waals surface area contributed by atoms with Crippen LogP contribution in [0.2, 0.25) is 0 Å². The molecule has 2 N–H and O–H groups in total. The van der Waals surface area contributed by atoms with Crippen LogP contribution in [0.3, 0.4) is 0 Å². The van der Waals surface area contributed by atoms with E-state index in [1.807, 2.05) is 36.4 Å². The Morgan fingerprint density at radius 2 is 1.82 bits per heavy atom. The van der Waals surface area contributed by atoms with Crippen LogP contribution >= 0.6 is 0 Å². The van der Waals surface area contributed by atoms with Gasteiger partial charge in [0.05, 0.1) is 16.7 Å². The predicted molar refractivity (Wildman–Crippen MR) is 132 cm³/mol. The summed E-state index contributed by atoms with van der Waals surface area (Å²) in [6.45, 7) is 2.84. The maximum absolute atomic E-state index is 11.2. The molecule has 8 nitrogen and oxygen atoms in total. The summed E-state index contributed by atoms with van der Waals surface area (Å²) in [6, 6.07) is 22.4. The van der Waals surface area contributed by atoms with Gasteiger partial charge in [0.2, 0.25) is 12.2 Å². The van der Waals surface area contributed by atoms with E-state index in [9.17, 15) is 4.79 Å². The zero-order chi connectivity index (χ0) is 23.3. The molecule has 5 aromatic rings. The zero-order valence-electron chi connectivity index (χ0n) is 18.9. The third-order valence-corrected chi connectivity index (χ3v) is 5.93. The number of unbranched alkanes of at least 4 members (excludes halogenated alkanes) is 1. The minimum atomic E-state index is 0.570. The maximum Gasteiger partial charge on any atom is 0.211 e. The molecule has 0 radical (unpaired) electrons. The lowest BCUT2D eigenvalue weighted by Crippen LogP contribution is -2.07. The number of tetrazole rings is 1. The molecule has 1 amide bonds. The Bertz CT molecular complexity index is 1410. The standard InChI is InChI=1S/C26H25N7O/c1-2-3-11-24-28-23-10-6-9-22(27-17-34)25(23)33(24)16-18-12-14-19(15-13-18)20-7-4-5-8-21(20)26-29-31-32-30-26/h4-10,12-15,17H,2-3,11,16H2,1H3,(H,27,34)(H,29,30,31,32). The molecule has 0 saturated heterocycles. The molecular weight excluding hydrogens is 426 g/mol. The number of imidazole rings is 1. The first-order valence-electron chi connectivity index (χ1n) is 11.4. The number of amides is 1. The SMILES string of the molecule is CCCCc1nc2cccc(NC=O)c2n1Cc1ccc(-c2ccccc2-c2nn[nH]n2)cc1. The average molecular weight is 452 g/mol. The van der Waals surface area contributed by atoms with E-state index in [0.717, 1.165) is 64.1 Å². The molecule has 0 spiro atoms. The fourth-order valence-electron chi connectivity index (χ4n) is 4.29. The summed E-state index contributed by atoms with van der Waals surface area (Å²) in [4.78, 5) is 16.1. The molecule has 0 atom stereocenters. The van der Waals surface area contributed by atoms with Gasteiger partial charge in [-0.05, 0) is 40.5 Å². The van der Waals surface area contributed by atoms with Crippen LogP contribution in [0, 0.1) is 0 Å². The number of nitrogens with zero attached hydrogens (tertiary/aromatic N) is 5. The first-order valence-corrected chi connectivity index (χ1v) is 11.4. The van der Waals surface area contributed by atoms with Crippen LogP contribution in [-0.2, 0) is 17.8 Å². The molecular formula is C26H25N7O. The third kappa shape index (κ3) is 4.17. The quantitative estimate of drug-likeness (QED) is 0.312. The maximum atomic E-state index is 11.2. The van der Waals surface area contributed by atoms with Crippen LogP contribution in [0.1, 0.15) is 31.2 Å². The normalized spacial score (nSPS) is 11.1. The molecule has 3 aromatic carbocycles. The van der Waals surface area contributed by atoms with Crippen molar-refractivity contribution in [2.24, 2.45) is 0 Å². The summed E-state index contributed by atoms with van der Waals surface area (Å²) in [7, 11) is 0. The van der Waals surface area contributed by atoms with Crippen LogP contribution in [0.4, 0.5) is 5.69 Å². The van der Waals surface area contributed by atoms with Crippen LogP contribution in [0.5, 0.6) is 0 Å². The van der Waals surface area contributed by atoms with E-state index < -0.39 is 0 Å². The minimum Gasteiger partial charge on any atom is -0.327 e. The lowest BCUT2D eigenvalue weighted by Gasteiger charge is -2.13. The highest BCUT2D eigenvalue weighted by Crippen LogP contribution is 2.31. The largest absolute Gasteiger partial charge is 0.327 e. The first-order chi connectivity index (χ1) is 16.8. The second kappa shape index (κ2) is 9.66. The molecule has 5 rings (SSSR count). The molecule has 0 bridgehead atoms. The van der Waals surface area contributed by atoms with Crippen molar-refractivity contribution in [3.05, 3.63) is 78.1 Å². The first kappa shape index (κ1) is 21.5. The number of hydrogen-bond acceptors (Lipinski definition) is 5. The fourth-order valence-corrected chi connectivity index (χ4v) is 4.29. The number of aryl methyl sites for hydroxylation is 1. The Morgan fingerprint density at radius 1 is 1.00 bits per heavy atom. The van der Waals surface area contributed by atoms with E-state index in [0.29, 0.717) is 18.8 Å². The number of para-hydroxylation sites is 1. The Balaban J connectivity index is 1.50. The van der Waals surface area contributed by atoms with E-state index >= 15 is 0 Å². The molecule has 2 heterocycles. The summed E-state index contributed by atoms with van der Waals surface area (Å²) in [5.74, 6) is 1.60. The number of aromatic nitrogens is 6. The molecule has 0 aliphatic rings. The number of aromatic amines is 1. The van der Waals surface area contributed by atoms with Gasteiger partial charge in [0.25, 0.3) is 0 Å². The lowest BCUT2D eigenvalue weighted by molar-refractivity contribution is -0.105. The summed E-state index contributed by atoms with van der Waals surface area (Å²) in [5, 5.41) is 17.3. The van der Waals surface area contributed by atoms with E-state index in [1.165, 1.54) is 0 Å². The van der Waals surface area contributed by atoms with Gasteiger partial charge in [0.15, 0.2) is 0 Å². The summed E-state index contributed by atoms with van der Waals surface area (Å²) >= 11 is 0. The summed E-state index contributed by atoms with van der Waals surface area (Å²) < 4.78 is 2.22. The Kier molecular flexibility index (Phi) is 6.11. The molecule has 0 saturated carbocycles. The number of benzene rings is 3. The van der Waals surface area contributed by atoms with E-state index in [-0.39, 0.29) is 0 Å². The smallest absolute Gasteiger partial charge is 0.211 e.